The zero-order valence-electron chi connectivity index (χ0n) is 21.0. The molecule has 2 atom stereocenters. The van der Waals surface area contributed by atoms with Crippen LogP contribution in [0.2, 0.25) is 0 Å². The van der Waals surface area contributed by atoms with Crippen molar-refractivity contribution < 1.29 is 24.2 Å². The smallest absolute Gasteiger partial charge is 0.413 e. The fourth-order valence-electron chi connectivity index (χ4n) is 6.06. The summed E-state index contributed by atoms with van der Waals surface area (Å²) >= 11 is 0. The molecule has 2 fully saturated rings. The molecule has 194 valence electrons. The van der Waals surface area contributed by atoms with Crippen LogP contribution in [0.15, 0.2) is 30.3 Å². The van der Waals surface area contributed by atoms with Crippen molar-refractivity contribution in [3.05, 3.63) is 41.5 Å². The molecule has 2 bridgehead atoms. The van der Waals surface area contributed by atoms with Gasteiger partial charge in [0.1, 0.15) is 12.4 Å². The lowest BCUT2D eigenvalue weighted by molar-refractivity contribution is 0.0414. The van der Waals surface area contributed by atoms with Crippen molar-refractivity contribution in [2.45, 2.75) is 57.3 Å². The number of piperidine rings is 1. The number of hydrogen-bond donors (Lipinski definition) is 3. The summed E-state index contributed by atoms with van der Waals surface area (Å²) in [6.07, 6.45) is 2.36. The van der Waals surface area contributed by atoms with Gasteiger partial charge in [0.15, 0.2) is 0 Å². The van der Waals surface area contributed by atoms with Gasteiger partial charge in [-0.25, -0.2) is 14.6 Å². The standard InChI is InChI=1S/C27H31N5O5/c1-15-9-17(16-3-6-22-23(11-16)29-25(28-22)30-26(34)36-2)10-18-14-31(7-8-37-24(15)18)27(35)32-19-4-5-20(32)13-21(33)12-19/h3,6,9-11,19-21,33H,4-5,7-8,12-14H2,1-2H3,(H2,28,29,30,34). The van der Waals surface area contributed by atoms with E-state index in [0.29, 0.717) is 38.5 Å². The molecular weight excluding hydrogens is 474 g/mol. The van der Waals surface area contributed by atoms with Crippen LogP contribution in [-0.2, 0) is 11.3 Å². The number of aryl methyl sites for hydroxylation is 1. The van der Waals surface area contributed by atoms with Crippen molar-refractivity contribution in [3.63, 3.8) is 0 Å². The topological polar surface area (TPSA) is 120 Å². The van der Waals surface area contributed by atoms with Gasteiger partial charge in [-0.1, -0.05) is 6.07 Å². The number of anilines is 1. The van der Waals surface area contributed by atoms with E-state index >= 15 is 0 Å². The first kappa shape index (κ1) is 23.6. The van der Waals surface area contributed by atoms with Crippen molar-refractivity contribution >= 4 is 29.1 Å². The number of H-pyrrole nitrogens is 1. The molecule has 2 saturated heterocycles. The molecule has 3 aromatic rings. The van der Waals surface area contributed by atoms with E-state index in [4.69, 9.17) is 4.74 Å². The minimum atomic E-state index is -0.589. The summed E-state index contributed by atoms with van der Waals surface area (Å²) in [7, 11) is 1.30. The van der Waals surface area contributed by atoms with Crippen molar-refractivity contribution in [1.29, 1.82) is 0 Å². The molecule has 3 N–H and O–H groups in total. The molecule has 10 heteroatoms. The molecule has 1 aromatic heterocycles. The molecule has 10 nitrogen and oxygen atoms in total. The van der Waals surface area contributed by atoms with Crippen LogP contribution in [0.3, 0.4) is 0 Å². The summed E-state index contributed by atoms with van der Waals surface area (Å²) < 4.78 is 10.8. The highest BCUT2D eigenvalue weighted by Crippen LogP contribution is 2.38. The number of carbonyl (C=O) groups is 2. The van der Waals surface area contributed by atoms with Gasteiger partial charge in [-0.2, -0.15) is 0 Å². The summed E-state index contributed by atoms with van der Waals surface area (Å²) in [5, 5.41) is 12.7. The number of carbonyl (C=O) groups excluding carboxylic acids is 2. The van der Waals surface area contributed by atoms with Crippen LogP contribution in [-0.4, -0.2) is 75.4 Å². The lowest BCUT2D eigenvalue weighted by Gasteiger charge is -2.39. The minimum absolute atomic E-state index is 0.0448. The normalized spacial score (nSPS) is 22.8. The largest absolute Gasteiger partial charge is 0.491 e. The fourth-order valence-corrected chi connectivity index (χ4v) is 6.06. The maximum absolute atomic E-state index is 13.6. The Kier molecular flexibility index (Phi) is 5.91. The third-order valence-electron chi connectivity index (χ3n) is 7.74. The Labute approximate surface area is 214 Å². The number of ether oxygens (including phenoxy) is 2. The Morgan fingerprint density at radius 1 is 1.16 bits per heavy atom. The molecule has 2 aromatic carbocycles. The van der Waals surface area contributed by atoms with Gasteiger partial charge in [-0.05, 0) is 73.6 Å². The quantitative estimate of drug-likeness (QED) is 0.484. The fraction of sp³-hybridized carbons (Fsp3) is 0.444. The van der Waals surface area contributed by atoms with Crippen molar-refractivity contribution in [3.8, 4) is 16.9 Å². The number of aromatic amines is 1. The van der Waals surface area contributed by atoms with Crippen molar-refractivity contribution in [2.75, 3.05) is 25.6 Å². The average Bonchev–Trinajstić information content (AvgIpc) is 3.30. The Bertz CT molecular complexity index is 1360. The van der Waals surface area contributed by atoms with Crippen LogP contribution in [0.4, 0.5) is 15.5 Å². The molecule has 3 aliphatic heterocycles. The number of aromatic nitrogens is 2. The van der Waals surface area contributed by atoms with Gasteiger partial charge in [0, 0.05) is 17.6 Å². The maximum atomic E-state index is 13.6. The summed E-state index contributed by atoms with van der Waals surface area (Å²) in [4.78, 5) is 36.6. The van der Waals surface area contributed by atoms with Crippen LogP contribution in [0.1, 0.15) is 36.8 Å². The summed E-state index contributed by atoms with van der Waals surface area (Å²) in [5.74, 6) is 1.15. The number of aliphatic hydroxyl groups is 1. The van der Waals surface area contributed by atoms with Gasteiger partial charge in [0.2, 0.25) is 5.95 Å². The van der Waals surface area contributed by atoms with Crippen molar-refractivity contribution in [2.24, 2.45) is 0 Å². The van der Waals surface area contributed by atoms with E-state index in [2.05, 4.69) is 32.2 Å². The molecule has 3 aliphatic rings. The molecule has 4 heterocycles. The van der Waals surface area contributed by atoms with E-state index in [1.165, 1.54) is 7.11 Å². The molecule has 37 heavy (non-hydrogen) atoms. The van der Waals surface area contributed by atoms with Crippen LogP contribution in [0.25, 0.3) is 22.2 Å². The second-order valence-electron chi connectivity index (χ2n) is 10.2. The number of nitrogens with zero attached hydrogens (tertiary/aromatic N) is 3. The van der Waals surface area contributed by atoms with E-state index < -0.39 is 6.09 Å². The van der Waals surface area contributed by atoms with E-state index in [-0.39, 0.29) is 24.2 Å². The van der Waals surface area contributed by atoms with Crippen LogP contribution >= 0.6 is 0 Å². The number of nitrogens with one attached hydrogen (secondary N) is 2. The number of fused-ring (bicyclic) bond motifs is 4. The number of urea groups is 1. The first-order valence-electron chi connectivity index (χ1n) is 12.8. The van der Waals surface area contributed by atoms with Crippen LogP contribution in [0.5, 0.6) is 5.75 Å². The van der Waals surface area contributed by atoms with Crippen LogP contribution < -0.4 is 10.1 Å². The molecule has 3 amide bonds. The zero-order valence-corrected chi connectivity index (χ0v) is 21.0. The predicted molar refractivity (Wildman–Crippen MR) is 137 cm³/mol. The van der Waals surface area contributed by atoms with E-state index in [0.717, 1.165) is 51.9 Å². The van der Waals surface area contributed by atoms with Crippen LogP contribution in [0, 0.1) is 6.92 Å². The number of imidazole rings is 1. The molecule has 0 aliphatic carbocycles. The second-order valence-corrected chi connectivity index (χ2v) is 10.2. The number of methoxy groups -OCH3 is 1. The van der Waals surface area contributed by atoms with Gasteiger partial charge in [0.25, 0.3) is 0 Å². The third-order valence-corrected chi connectivity index (χ3v) is 7.74. The minimum Gasteiger partial charge on any atom is -0.491 e. The highest BCUT2D eigenvalue weighted by molar-refractivity contribution is 5.88. The molecule has 0 radical (unpaired) electrons. The zero-order chi connectivity index (χ0) is 25.7. The summed E-state index contributed by atoms with van der Waals surface area (Å²) in [6.45, 7) is 3.47. The van der Waals surface area contributed by atoms with E-state index in [1.54, 1.807) is 0 Å². The molecule has 0 saturated carbocycles. The highest BCUT2D eigenvalue weighted by atomic mass is 16.5. The Morgan fingerprint density at radius 3 is 2.70 bits per heavy atom. The van der Waals surface area contributed by atoms with Gasteiger partial charge in [-0.15, -0.1) is 0 Å². The number of amides is 3. The monoisotopic (exact) mass is 505 g/mol. The number of benzene rings is 2. The van der Waals surface area contributed by atoms with E-state index in [1.807, 2.05) is 34.9 Å². The summed E-state index contributed by atoms with van der Waals surface area (Å²) in [6, 6.07) is 10.4. The highest BCUT2D eigenvalue weighted by Gasteiger charge is 2.44. The lowest BCUT2D eigenvalue weighted by Crippen LogP contribution is -2.53. The SMILES string of the molecule is COC(=O)Nc1nc2ccc(-c3cc(C)c4c(c3)CN(C(=O)N3C5CCC3CC(O)C5)CCO4)cc2[nH]1. The molecule has 6 rings (SSSR count). The van der Waals surface area contributed by atoms with Gasteiger partial charge < -0.3 is 29.4 Å². The lowest BCUT2D eigenvalue weighted by atomic mass is 9.98. The average molecular weight is 506 g/mol. The molecular formula is C27H31N5O5. The first-order chi connectivity index (χ1) is 17.9. The van der Waals surface area contributed by atoms with Crippen molar-refractivity contribution in [1.82, 2.24) is 19.8 Å². The predicted octanol–water partition coefficient (Wildman–Crippen LogP) is 4.02. The molecule has 2 unspecified atom stereocenters. The number of hydrogen-bond acceptors (Lipinski definition) is 6. The first-order valence-corrected chi connectivity index (χ1v) is 12.8. The summed E-state index contributed by atoms with van der Waals surface area (Å²) in [5.41, 5.74) is 5.49. The van der Waals surface area contributed by atoms with E-state index in [9.17, 15) is 14.7 Å². The Morgan fingerprint density at radius 2 is 1.95 bits per heavy atom. The number of aliphatic hydroxyl groups excluding tert-OH is 1. The Balaban J connectivity index is 1.28. The number of rotatable bonds is 2. The maximum Gasteiger partial charge on any atom is 0.413 e. The van der Waals surface area contributed by atoms with Gasteiger partial charge >= 0.3 is 12.1 Å². The third kappa shape index (κ3) is 4.35. The Hall–Kier alpha value is -3.79. The van der Waals surface area contributed by atoms with Gasteiger partial charge in [-0.3, -0.25) is 5.32 Å². The molecule has 0 spiro atoms. The van der Waals surface area contributed by atoms with Gasteiger partial charge in [0.05, 0.1) is 37.3 Å². The second kappa shape index (κ2) is 9.26.